The Bertz CT molecular complexity index is 781. The van der Waals surface area contributed by atoms with Crippen molar-refractivity contribution in [3.8, 4) is 0 Å². The van der Waals surface area contributed by atoms with Crippen LogP contribution in [0.2, 0.25) is 0 Å². The lowest BCUT2D eigenvalue weighted by Gasteiger charge is -2.28. The van der Waals surface area contributed by atoms with Gasteiger partial charge in [-0.1, -0.05) is 54.1 Å². The number of allylic oxidation sites excluding steroid dienone is 5. The van der Waals surface area contributed by atoms with Gasteiger partial charge in [0, 0.05) is 5.57 Å². The van der Waals surface area contributed by atoms with Crippen LogP contribution in [-0.2, 0) is 0 Å². The molecule has 4 nitrogen and oxygen atoms in total. The summed E-state index contributed by atoms with van der Waals surface area (Å²) in [6, 6.07) is 8.37. The van der Waals surface area contributed by atoms with Crippen molar-refractivity contribution >= 4 is 23.0 Å². The molecule has 0 fully saturated rings. The van der Waals surface area contributed by atoms with Crippen LogP contribution >= 0.6 is 12.2 Å². The number of azo groups is 1. The van der Waals surface area contributed by atoms with E-state index in [9.17, 15) is 0 Å². The normalized spacial score (nSPS) is 22.5. The van der Waals surface area contributed by atoms with E-state index in [4.69, 9.17) is 12.2 Å². The van der Waals surface area contributed by atoms with Crippen molar-refractivity contribution in [1.29, 1.82) is 0 Å². The molecule has 3 aliphatic rings. The van der Waals surface area contributed by atoms with Crippen LogP contribution in [-0.4, -0.2) is 15.8 Å². The summed E-state index contributed by atoms with van der Waals surface area (Å²) >= 11 is 5.22. The van der Waals surface area contributed by atoms with Crippen LogP contribution in [0.3, 0.4) is 0 Å². The van der Waals surface area contributed by atoms with Gasteiger partial charge in [-0.05, 0) is 24.7 Å². The molecule has 2 aliphatic heterocycles. The second-order valence-corrected chi connectivity index (χ2v) is 5.51. The van der Waals surface area contributed by atoms with Crippen molar-refractivity contribution in [3.05, 3.63) is 71.1 Å². The standard InChI is InChI=1S/C16H12N4S/c1-10-6-8-11(9-7-10)14-12-4-2-3-5-13(12)15-17-18-16(21)20(15)19-14/h2-9,12H,1H3. The maximum atomic E-state index is 5.22. The lowest BCUT2D eigenvalue weighted by molar-refractivity contribution is 0.542. The predicted molar refractivity (Wildman–Crippen MR) is 85.8 cm³/mol. The predicted octanol–water partition coefficient (Wildman–Crippen LogP) is 3.72. The van der Waals surface area contributed by atoms with Crippen molar-refractivity contribution in [2.45, 2.75) is 6.92 Å². The fourth-order valence-corrected chi connectivity index (χ4v) is 2.83. The summed E-state index contributed by atoms with van der Waals surface area (Å²) in [5.74, 6) is 0.838. The highest BCUT2D eigenvalue weighted by Crippen LogP contribution is 2.36. The highest BCUT2D eigenvalue weighted by molar-refractivity contribution is 7.80. The Balaban J connectivity index is 1.87. The number of rotatable bonds is 1. The fraction of sp³-hybridized carbons (Fsp3) is 0.125. The van der Waals surface area contributed by atoms with Gasteiger partial charge in [0.15, 0.2) is 5.82 Å². The minimum atomic E-state index is 0.101. The maximum Gasteiger partial charge on any atom is 0.243 e. The van der Waals surface area contributed by atoms with Crippen LogP contribution in [0.1, 0.15) is 11.1 Å². The Morgan fingerprint density at radius 3 is 2.71 bits per heavy atom. The number of hydrazone groups is 1. The summed E-state index contributed by atoms with van der Waals surface area (Å²) in [5.41, 5.74) is 4.39. The summed E-state index contributed by atoms with van der Waals surface area (Å²) < 4.78 is 0. The first-order chi connectivity index (χ1) is 10.2. The molecule has 0 N–H and O–H groups in total. The minimum absolute atomic E-state index is 0.101. The third-order valence-electron chi connectivity index (χ3n) is 3.75. The Hall–Kier alpha value is -2.40. The molecular formula is C16H12N4S. The Morgan fingerprint density at radius 2 is 1.90 bits per heavy atom. The van der Waals surface area contributed by atoms with E-state index in [1.807, 2.05) is 12.2 Å². The second-order valence-electron chi connectivity index (χ2n) is 5.15. The molecule has 1 aliphatic carbocycles. The van der Waals surface area contributed by atoms with Crippen LogP contribution in [0.25, 0.3) is 0 Å². The van der Waals surface area contributed by atoms with Crippen LogP contribution in [0.15, 0.2) is 75.3 Å². The van der Waals surface area contributed by atoms with E-state index >= 15 is 0 Å². The van der Waals surface area contributed by atoms with Gasteiger partial charge < -0.3 is 0 Å². The lowest BCUT2D eigenvalue weighted by atomic mass is 9.85. The second kappa shape index (κ2) is 4.56. The lowest BCUT2D eigenvalue weighted by Crippen LogP contribution is -2.31. The summed E-state index contributed by atoms with van der Waals surface area (Å²) in [6.45, 7) is 2.08. The first-order valence-electron chi connectivity index (χ1n) is 6.74. The molecule has 0 spiro atoms. The van der Waals surface area contributed by atoms with Crippen molar-refractivity contribution in [2.24, 2.45) is 21.2 Å². The van der Waals surface area contributed by atoms with Gasteiger partial charge >= 0.3 is 0 Å². The highest BCUT2D eigenvalue weighted by Gasteiger charge is 2.34. The molecular weight excluding hydrogens is 280 g/mol. The summed E-state index contributed by atoms with van der Waals surface area (Å²) in [4.78, 5) is 0. The first kappa shape index (κ1) is 12.3. The Kier molecular flexibility index (Phi) is 2.68. The van der Waals surface area contributed by atoms with Crippen LogP contribution < -0.4 is 0 Å². The first-order valence-corrected chi connectivity index (χ1v) is 7.15. The van der Waals surface area contributed by atoms with E-state index in [2.05, 4.69) is 58.7 Å². The summed E-state index contributed by atoms with van der Waals surface area (Å²) in [6.07, 6.45) is 8.24. The quantitative estimate of drug-likeness (QED) is 0.740. The van der Waals surface area contributed by atoms with E-state index in [0.29, 0.717) is 5.11 Å². The molecule has 1 atom stereocenters. The molecule has 21 heavy (non-hydrogen) atoms. The number of aryl methyl sites for hydroxylation is 1. The molecule has 4 rings (SSSR count). The van der Waals surface area contributed by atoms with Crippen LogP contribution in [0.4, 0.5) is 0 Å². The third-order valence-corrected chi connectivity index (χ3v) is 4.00. The van der Waals surface area contributed by atoms with Gasteiger partial charge in [-0.3, -0.25) is 0 Å². The smallest absolute Gasteiger partial charge is 0.183 e. The number of fused-ring (bicyclic) bond motifs is 2. The van der Waals surface area contributed by atoms with Gasteiger partial charge in [0.2, 0.25) is 5.11 Å². The Labute approximate surface area is 127 Å². The monoisotopic (exact) mass is 292 g/mol. The van der Waals surface area contributed by atoms with Crippen molar-refractivity contribution in [1.82, 2.24) is 5.01 Å². The van der Waals surface area contributed by atoms with E-state index in [1.54, 1.807) is 5.01 Å². The van der Waals surface area contributed by atoms with Crippen LogP contribution in [0.5, 0.6) is 0 Å². The molecule has 0 saturated carbocycles. The number of benzene rings is 1. The topological polar surface area (TPSA) is 40.3 Å². The summed E-state index contributed by atoms with van der Waals surface area (Å²) in [7, 11) is 0. The highest BCUT2D eigenvalue weighted by atomic mass is 32.1. The molecule has 2 heterocycles. The molecule has 1 aromatic rings. The van der Waals surface area contributed by atoms with Gasteiger partial charge in [0.05, 0.1) is 11.6 Å². The van der Waals surface area contributed by atoms with E-state index in [-0.39, 0.29) is 5.92 Å². The van der Waals surface area contributed by atoms with E-state index < -0.39 is 0 Å². The zero-order valence-corrected chi connectivity index (χ0v) is 12.2. The fourth-order valence-electron chi connectivity index (χ4n) is 2.66. The average molecular weight is 292 g/mol. The molecule has 0 radical (unpaired) electrons. The molecule has 0 amide bonds. The maximum absolute atomic E-state index is 5.22. The zero-order valence-electron chi connectivity index (χ0n) is 11.4. The largest absolute Gasteiger partial charge is 0.243 e. The minimum Gasteiger partial charge on any atom is -0.183 e. The molecule has 102 valence electrons. The van der Waals surface area contributed by atoms with Gasteiger partial charge in [-0.15, -0.1) is 10.2 Å². The molecule has 5 heteroatoms. The number of hydrogen-bond donors (Lipinski definition) is 0. The molecule has 1 unspecified atom stereocenters. The number of thiocarbonyl (C=S) groups is 1. The SMILES string of the molecule is Cc1ccc(C2=NN3C(=S)N=NC3=C3C=CC=CC23)cc1. The third kappa shape index (κ3) is 1.89. The van der Waals surface area contributed by atoms with Crippen LogP contribution in [0, 0.1) is 12.8 Å². The van der Waals surface area contributed by atoms with Gasteiger partial charge in [-0.2, -0.15) is 10.1 Å². The van der Waals surface area contributed by atoms with Gasteiger partial charge in [-0.25, -0.2) is 0 Å². The number of nitrogens with zero attached hydrogens (tertiary/aromatic N) is 4. The zero-order chi connectivity index (χ0) is 14.4. The molecule has 0 bridgehead atoms. The molecule has 0 aromatic heterocycles. The average Bonchev–Trinajstić information content (AvgIpc) is 2.89. The van der Waals surface area contributed by atoms with Crippen molar-refractivity contribution in [2.75, 3.05) is 0 Å². The Morgan fingerprint density at radius 1 is 1.10 bits per heavy atom. The van der Waals surface area contributed by atoms with E-state index in [1.165, 1.54) is 5.56 Å². The van der Waals surface area contributed by atoms with Crippen molar-refractivity contribution in [3.63, 3.8) is 0 Å². The molecule has 0 saturated heterocycles. The van der Waals surface area contributed by atoms with Crippen molar-refractivity contribution < 1.29 is 0 Å². The molecule has 1 aromatic carbocycles. The summed E-state index contributed by atoms with van der Waals surface area (Å²) in [5, 5.41) is 14.9. The van der Waals surface area contributed by atoms with Gasteiger partial charge in [0.25, 0.3) is 0 Å². The van der Waals surface area contributed by atoms with Gasteiger partial charge in [0.1, 0.15) is 0 Å². The number of hydrogen-bond acceptors (Lipinski definition) is 3. The van der Waals surface area contributed by atoms with E-state index in [0.717, 1.165) is 22.7 Å².